The van der Waals surface area contributed by atoms with Crippen molar-refractivity contribution in [3.05, 3.63) is 11.8 Å². The number of rotatable bonds is 3. The van der Waals surface area contributed by atoms with Crippen molar-refractivity contribution in [3.63, 3.8) is 0 Å². The molecule has 1 N–H and O–H groups in total. The van der Waals surface area contributed by atoms with Crippen molar-refractivity contribution in [2.75, 3.05) is 0 Å². The second-order valence-electron chi connectivity index (χ2n) is 4.65. The van der Waals surface area contributed by atoms with E-state index in [-0.39, 0.29) is 0 Å². The van der Waals surface area contributed by atoms with Crippen LogP contribution in [-0.4, -0.2) is 6.72 Å². The molecule has 1 fully saturated rings. The fraction of sp³-hybridized carbons (Fsp3) is 0.769. The van der Waals surface area contributed by atoms with E-state index < -0.39 is 0 Å². The molecule has 0 aromatic rings. The number of hydrazone groups is 1. The van der Waals surface area contributed by atoms with E-state index in [1.54, 1.807) is 0 Å². The Morgan fingerprint density at radius 1 is 1.47 bits per heavy atom. The molecule has 0 spiro atoms. The quantitative estimate of drug-likeness (QED) is 0.555. The lowest BCUT2D eigenvalue weighted by atomic mass is 9.83. The first-order chi connectivity index (χ1) is 7.27. The second kappa shape index (κ2) is 6.65. The molecular weight excluding hydrogens is 184 g/mol. The van der Waals surface area contributed by atoms with Crippen LogP contribution in [0.15, 0.2) is 16.9 Å². The number of nitrogens with zero attached hydrogens (tertiary/aromatic N) is 1. The Morgan fingerprint density at radius 3 is 2.93 bits per heavy atom. The molecule has 0 aliphatic heterocycles. The van der Waals surface area contributed by atoms with Gasteiger partial charge in [-0.15, -0.1) is 0 Å². The van der Waals surface area contributed by atoms with Crippen LogP contribution in [0.25, 0.3) is 0 Å². The number of hydrogen-bond donors (Lipinski definition) is 1. The van der Waals surface area contributed by atoms with E-state index in [1.807, 2.05) is 0 Å². The highest BCUT2D eigenvalue weighted by molar-refractivity contribution is 5.22. The van der Waals surface area contributed by atoms with E-state index in [4.69, 9.17) is 0 Å². The summed E-state index contributed by atoms with van der Waals surface area (Å²) < 4.78 is 0. The average Bonchev–Trinajstić information content (AvgIpc) is 2.23. The zero-order valence-electron chi connectivity index (χ0n) is 10.1. The summed E-state index contributed by atoms with van der Waals surface area (Å²) in [5, 5.41) is 3.68. The highest BCUT2D eigenvalue weighted by Crippen LogP contribution is 2.30. The van der Waals surface area contributed by atoms with Crippen molar-refractivity contribution >= 4 is 6.72 Å². The van der Waals surface area contributed by atoms with Crippen LogP contribution in [0.5, 0.6) is 0 Å². The monoisotopic (exact) mass is 208 g/mol. The van der Waals surface area contributed by atoms with Crippen LogP contribution < -0.4 is 5.43 Å². The van der Waals surface area contributed by atoms with Crippen molar-refractivity contribution in [1.29, 1.82) is 0 Å². The molecule has 0 heterocycles. The molecule has 0 aromatic carbocycles. The van der Waals surface area contributed by atoms with Gasteiger partial charge in [0.05, 0.1) is 0 Å². The molecule has 2 heteroatoms. The normalized spacial score (nSPS) is 30.7. The fourth-order valence-electron chi connectivity index (χ4n) is 2.41. The lowest BCUT2D eigenvalue weighted by Crippen LogP contribution is -2.11. The van der Waals surface area contributed by atoms with Gasteiger partial charge in [-0.25, -0.2) is 0 Å². The summed E-state index contributed by atoms with van der Waals surface area (Å²) in [4.78, 5) is 0. The Labute approximate surface area is 93.8 Å². The zero-order valence-corrected chi connectivity index (χ0v) is 10.1. The van der Waals surface area contributed by atoms with E-state index in [2.05, 4.69) is 37.3 Å². The summed E-state index contributed by atoms with van der Waals surface area (Å²) in [6.07, 6.45) is 10.1. The summed E-state index contributed by atoms with van der Waals surface area (Å²) in [5.41, 5.74) is 4.40. The number of hydrogen-bond acceptors (Lipinski definition) is 2. The molecule has 1 aliphatic carbocycles. The second-order valence-corrected chi connectivity index (χ2v) is 4.65. The van der Waals surface area contributed by atoms with Crippen LogP contribution in [-0.2, 0) is 0 Å². The van der Waals surface area contributed by atoms with Crippen molar-refractivity contribution in [1.82, 2.24) is 5.43 Å². The van der Waals surface area contributed by atoms with E-state index >= 15 is 0 Å². The third-order valence-corrected chi connectivity index (χ3v) is 3.64. The molecule has 0 saturated heterocycles. The van der Waals surface area contributed by atoms with Crippen molar-refractivity contribution in [3.8, 4) is 0 Å². The molecule has 15 heavy (non-hydrogen) atoms. The molecule has 1 aliphatic rings. The highest BCUT2D eigenvalue weighted by atomic mass is 15.3. The van der Waals surface area contributed by atoms with Crippen molar-refractivity contribution in [2.45, 2.75) is 52.4 Å². The lowest BCUT2D eigenvalue weighted by molar-refractivity contribution is 0.370. The van der Waals surface area contributed by atoms with Crippen LogP contribution in [0.2, 0.25) is 0 Å². The van der Waals surface area contributed by atoms with Gasteiger partial charge in [-0.3, -0.25) is 5.43 Å². The van der Waals surface area contributed by atoms with Gasteiger partial charge in [0.1, 0.15) is 0 Å². The van der Waals surface area contributed by atoms with Crippen LogP contribution in [0.3, 0.4) is 0 Å². The summed E-state index contributed by atoms with van der Waals surface area (Å²) >= 11 is 0. The Hall–Kier alpha value is -0.790. The first-order valence-corrected chi connectivity index (χ1v) is 6.18. The standard InChI is InChI=1S/C13H24N2/c1-4-12-7-5-6-11(2)13(9-8-12)10-15-14-3/h10-12,15H,3-9H2,1-2H3/b13-10-. The maximum Gasteiger partial charge on any atom is 0.0194 e. The van der Waals surface area contributed by atoms with Crippen LogP contribution in [0.1, 0.15) is 52.4 Å². The minimum Gasteiger partial charge on any atom is -0.286 e. The van der Waals surface area contributed by atoms with Gasteiger partial charge in [0.15, 0.2) is 0 Å². The predicted octanol–water partition coefficient (Wildman–Crippen LogP) is 3.70. The molecular formula is C13H24N2. The maximum absolute atomic E-state index is 3.68. The largest absolute Gasteiger partial charge is 0.286 e. The van der Waals surface area contributed by atoms with Gasteiger partial charge < -0.3 is 0 Å². The molecule has 0 bridgehead atoms. The Kier molecular flexibility index (Phi) is 5.44. The zero-order chi connectivity index (χ0) is 11.1. The summed E-state index contributed by atoms with van der Waals surface area (Å²) in [5.74, 6) is 1.63. The van der Waals surface area contributed by atoms with Gasteiger partial charge in [0, 0.05) is 12.9 Å². The van der Waals surface area contributed by atoms with Gasteiger partial charge in [0.2, 0.25) is 0 Å². The molecule has 1 rings (SSSR count). The van der Waals surface area contributed by atoms with Crippen LogP contribution in [0, 0.1) is 11.8 Å². The van der Waals surface area contributed by atoms with Gasteiger partial charge >= 0.3 is 0 Å². The van der Waals surface area contributed by atoms with Gasteiger partial charge in [-0.1, -0.05) is 33.1 Å². The van der Waals surface area contributed by atoms with Crippen LogP contribution in [0.4, 0.5) is 0 Å². The first-order valence-electron chi connectivity index (χ1n) is 6.18. The highest BCUT2D eigenvalue weighted by Gasteiger charge is 2.16. The molecule has 0 radical (unpaired) electrons. The maximum atomic E-state index is 3.68. The van der Waals surface area contributed by atoms with E-state index in [0.717, 1.165) is 5.92 Å². The van der Waals surface area contributed by atoms with Crippen LogP contribution >= 0.6 is 0 Å². The Morgan fingerprint density at radius 2 is 2.27 bits per heavy atom. The summed E-state index contributed by atoms with van der Waals surface area (Å²) in [6, 6.07) is 0. The Balaban J connectivity index is 2.55. The molecule has 86 valence electrons. The predicted molar refractivity (Wildman–Crippen MR) is 66.8 cm³/mol. The molecule has 2 unspecified atom stereocenters. The number of nitrogens with one attached hydrogen (secondary N) is 1. The third-order valence-electron chi connectivity index (χ3n) is 3.64. The average molecular weight is 208 g/mol. The first kappa shape index (κ1) is 12.3. The summed E-state index contributed by atoms with van der Waals surface area (Å²) in [6.45, 7) is 8.07. The minimum absolute atomic E-state index is 0.706. The molecule has 2 nitrogen and oxygen atoms in total. The van der Waals surface area contributed by atoms with Crippen molar-refractivity contribution in [2.24, 2.45) is 16.9 Å². The third kappa shape index (κ3) is 4.06. The molecule has 0 aromatic heterocycles. The van der Waals surface area contributed by atoms with E-state index in [9.17, 15) is 0 Å². The van der Waals surface area contributed by atoms with E-state index in [0.29, 0.717) is 5.92 Å². The fourth-order valence-corrected chi connectivity index (χ4v) is 2.41. The van der Waals surface area contributed by atoms with E-state index in [1.165, 1.54) is 44.1 Å². The Bertz CT molecular complexity index is 221. The molecule has 0 amide bonds. The topological polar surface area (TPSA) is 24.4 Å². The smallest absolute Gasteiger partial charge is 0.0194 e. The lowest BCUT2D eigenvalue weighted by Gasteiger charge is -2.24. The minimum atomic E-state index is 0.706. The van der Waals surface area contributed by atoms with Crippen molar-refractivity contribution < 1.29 is 0 Å². The van der Waals surface area contributed by atoms with Gasteiger partial charge in [-0.2, -0.15) is 5.10 Å². The van der Waals surface area contributed by atoms with Gasteiger partial charge in [0.25, 0.3) is 0 Å². The number of allylic oxidation sites excluding steroid dienone is 1. The SMILES string of the molecule is C=NN/C=C1/CCC(CC)CCCC1C. The van der Waals surface area contributed by atoms with Gasteiger partial charge in [-0.05, 0) is 36.7 Å². The summed E-state index contributed by atoms with van der Waals surface area (Å²) in [7, 11) is 0. The molecule has 2 atom stereocenters. The molecule has 1 saturated carbocycles.